The van der Waals surface area contributed by atoms with E-state index in [1.165, 1.54) is 0 Å². The molecule has 4 heterocycles. The van der Waals surface area contributed by atoms with Crippen molar-refractivity contribution in [3.63, 3.8) is 0 Å². The fraction of sp³-hybridized carbons (Fsp3) is 0. The van der Waals surface area contributed by atoms with Crippen molar-refractivity contribution >= 4 is 0 Å². The molecule has 7 heteroatoms. The van der Waals surface area contributed by atoms with E-state index in [2.05, 4.69) is 19.9 Å². The van der Waals surface area contributed by atoms with Gasteiger partial charge in [-0.15, -0.1) is 0 Å². The molecule has 1 aromatic carbocycles. The molecule has 5 rings (SSSR count). The summed E-state index contributed by atoms with van der Waals surface area (Å²) in [4.78, 5) is 16.7. The first-order valence-electron chi connectivity index (χ1n) is 9.98. The molecule has 0 bridgehead atoms. The van der Waals surface area contributed by atoms with E-state index in [0.717, 1.165) is 41.0 Å². The van der Waals surface area contributed by atoms with Crippen LogP contribution < -0.4 is 0 Å². The average molecular weight is 438 g/mol. The number of phenolic OH excluding ortho intramolecular Hbond substituents is 3. The highest BCUT2D eigenvalue weighted by Gasteiger charge is 1.96. The Morgan fingerprint density at radius 2 is 0.606 bits per heavy atom. The van der Waals surface area contributed by atoms with Gasteiger partial charge in [0.2, 0.25) is 0 Å². The molecule has 3 N–H and O–H groups in total. The van der Waals surface area contributed by atoms with E-state index in [1.54, 1.807) is 24.8 Å². The normalized spacial score (nSPS) is 9.58. The molecule has 0 amide bonds. The highest BCUT2D eigenvalue weighted by atomic mass is 16.3. The second-order valence-corrected chi connectivity index (χ2v) is 6.57. The van der Waals surface area contributed by atoms with Crippen molar-refractivity contribution in [1.29, 1.82) is 0 Å². The Bertz CT molecular complexity index is 1020. The molecule has 0 atom stereocenters. The van der Waals surface area contributed by atoms with Gasteiger partial charge in [0.1, 0.15) is 17.2 Å². The number of rotatable bonds is 2. The summed E-state index contributed by atoms with van der Waals surface area (Å²) in [7, 11) is 0. The summed E-state index contributed by atoms with van der Waals surface area (Å²) in [5.74, 6) is -0.437. The molecule has 0 fully saturated rings. The molecule has 0 aliphatic heterocycles. The fourth-order valence-corrected chi connectivity index (χ4v) is 2.64. The number of aromatic nitrogens is 4. The zero-order valence-electron chi connectivity index (χ0n) is 17.6. The summed E-state index contributed by atoms with van der Waals surface area (Å²) in [6.45, 7) is 0. The van der Waals surface area contributed by atoms with Crippen LogP contribution >= 0.6 is 0 Å². The van der Waals surface area contributed by atoms with Gasteiger partial charge in [0.25, 0.3) is 0 Å². The third-order valence-electron chi connectivity index (χ3n) is 4.07. The number of nitrogens with zero attached hydrogens (tertiary/aromatic N) is 4. The number of benzene rings is 1. The summed E-state index contributed by atoms with van der Waals surface area (Å²) in [5.41, 5.74) is 3.66. The lowest BCUT2D eigenvalue weighted by Gasteiger charge is -1.96. The molecule has 0 aliphatic rings. The van der Waals surface area contributed by atoms with Gasteiger partial charge >= 0.3 is 0 Å². The summed E-state index contributed by atoms with van der Waals surface area (Å²) < 4.78 is 0. The van der Waals surface area contributed by atoms with Gasteiger partial charge in [-0.1, -0.05) is 24.3 Å². The lowest BCUT2D eigenvalue weighted by molar-refractivity contribution is 0.428. The predicted molar refractivity (Wildman–Crippen MR) is 126 cm³/mol. The van der Waals surface area contributed by atoms with E-state index < -0.39 is 0 Å². The molecule has 0 saturated heterocycles. The molecule has 164 valence electrons. The average Bonchev–Trinajstić information content (AvgIpc) is 2.86. The fourth-order valence-electron chi connectivity index (χ4n) is 2.64. The zero-order chi connectivity index (χ0) is 23.3. The summed E-state index contributed by atoms with van der Waals surface area (Å²) in [5, 5.41) is 26.0. The predicted octanol–water partition coefficient (Wildman–Crippen LogP) is 5.09. The Kier molecular flexibility index (Phi) is 8.44. The number of phenols is 3. The Morgan fingerprint density at radius 1 is 0.364 bits per heavy atom. The monoisotopic (exact) mass is 438 g/mol. The van der Waals surface area contributed by atoms with E-state index >= 15 is 0 Å². The van der Waals surface area contributed by atoms with Gasteiger partial charge in [0.05, 0.1) is 22.8 Å². The van der Waals surface area contributed by atoms with Crippen LogP contribution in [0.5, 0.6) is 17.2 Å². The Balaban J connectivity index is 0.000000141. The van der Waals surface area contributed by atoms with Gasteiger partial charge in [-0.05, 0) is 48.5 Å². The second-order valence-electron chi connectivity index (χ2n) is 6.57. The van der Waals surface area contributed by atoms with Gasteiger partial charge in [-0.3, -0.25) is 19.9 Å². The van der Waals surface area contributed by atoms with Crippen LogP contribution in [0, 0.1) is 0 Å². The molecular formula is C26H22N4O3. The number of pyridine rings is 4. The van der Waals surface area contributed by atoms with Gasteiger partial charge in [-0.2, -0.15) is 0 Å². The lowest BCUT2D eigenvalue weighted by atomic mass is 10.2. The first kappa shape index (κ1) is 22.9. The standard InChI is InChI=1S/2C10H8N2.C6H6O3/c2*1-3-7-11-9(5-1)10-6-2-4-8-12-10;7-4-1-5(8)3-6(9)2-4/h2*1-8H;1-3,7-9H. The Morgan fingerprint density at radius 3 is 0.788 bits per heavy atom. The highest BCUT2D eigenvalue weighted by Crippen LogP contribution is 2.23. The Hall–Kier alpha value is -4.78. The van der Waals surface area contributed by atoms with Gasteiger partial charge in [0.15, 0.2) is 0 Å². The zero-order valence-corrected chi connectivity index (χ0v) is 17.6. The molecule has 7 nitrogen and oxygen atoms in total. The quantitative estimate of drug-likeness (QED) is 0.352. The topological polar surface area (TPSA) is 112 Å². The maximum Gasteiger partial charge on any atom is 0.122 e. The highest BCUT2D eigenvalue weighted by molar-refractivity contribution is 5.53. The van der Waals surface area contributed by atoms with E-state index in [-0.39, 0.29) is 17.2 Å². The van der Waals surface area contributed by atoms with Crippen molar-refractivity contribution < 1.29 is 15.3 Å². The van der Waals surface area contributed by atoms with Gasteiger partial charge in [-0.25, -0.2) is 0 Å². The van der Waals surface area contributed by atoms with Crippen LogP contribution in [0.15, 0.2) is 116 Å². The Labute approximate surface area is 191 Å². The molecule has 0 radical (unpaired) electrons. The minimum Gasteiger partial charge on any atom is -0.508 e. The maximum absolute atomic E-state index is 8.67. The van der Waals surface area contributed by atoms with Gasteiger partial charge < -0.3 is 15.3 Å². The van der Waals surface area contributed by atoms with E-state index in [1.807, 2.05) is 72.8 Å². The van der Waals surface area contributed by atoms with Crippen LogP contribution in [-0.4, -0.2) is 35.3 Å². The largest absolute Gasteiger partial charge is 0.508 e. The molecular weight excluding hydrogens is 416 g/mol. The summed E-state index contributed by atoms with van der Waals surface area (Å²) >= 11 is 0. The van der Waals surface area contributed by atoms with Crippen molar-refractivity contribution in [2.24, 2.45) is 0 Å². The molecule has 0 unspecified atom stereocenters. The van der Waals surface area contributed by atoms with Crippen molar-refractivity contribution in [2.75, 3.05) is 0 Å². The third-order valence-corrected chi connectivity index (χ3v) is 4.07. The minimum absolute atomic E-state index is 0.146. The molecule has 33 heavy (non-hydrogen) atoms. The van der Waals surface area contributed by atoms with Gasteiger partial charge in [0, 0.05) is 43.0 Å². The molecule has 0 saturated carbocycles. The second kappa shape index (κ2) is 12.2. The lowest BCUT2D eigenvalue weighted by Crippen LogP contribution is -1.83. The first-order valence-corrected chi connectivity index (χ1v) is 9.98. The van der Waals surface area contributed by atoms with Crippen LogP contribution in [0.4, 0.5) is 0 Å². The summed E-state index contributed by atoms with van der Waals surface area (Å²) in [6, 6.07) is 26.6. The maximum atomic E-state index is 8.67. The van der Waals surface area contributed by atoms with E-state index in [4.69, 9.17) is 15.3 Å². The number of hydrogen-bond acceptors (Lipinski definition) is 7. The van der Waals surface area contributed by atoms with Crippen LogP contribution in [0.1, 0.15) is 0 Å². The van der Waals surface area contributed by atoms with Crippen molar-refractivity contribution in [3.8, 4) is 40.0 Å². The van der Waals surface area contributed by atoms with Crippen LogP contribution in [-0.2, 0) is 0 Å². The van der Waals surface area contributed by atoms with Crippen molar-refractivity contribution in [1.82, 2.24) is 19.9 Å². The first-order chi connectivity index (χ1) is 16.1. The van der Waals surface area contributed by atoms with Crippen molar-refractivity contribution in [2.45, 2.75) is 0 Å². The van der Waals surface area contributed by atoms with Crippen LogP contribution in [0.25, 0.3) is 22.8 Å². The molecule has 0 spiro atoms. The third kappa shape index (κ3) is 7.76. The SMILES string of the molecule is Oc1cc(O)cc(O)c1.c1ccc(-c2ccccn2)nc1.c1ccc(-c2ccccn2)nc1. The smallest absolute Gasteiger partial charge is 0.122 e. The van der Waals surface area contributed by atoms with E-state index in [9.17, 15) is 0 Å². The molecule has 5 aromatic rings. The molecule has 4 aromatic heterocycles. The minimum atomic E-state index is -0.146. The molecule has 0 aliphatic carbocycles. The van der Waals surface area contributed by atoms with Crippen LogP contribution in [0.2, 0.25) is 0 Å². The van der Waals surface area contributed by atoms with Crippen molar-refractivity contribution in [3.05, 3.63) is 116 Å². The van der Waals surface area contributed by atoms with Crippen LogP contribution in [0.3, 0.4) is 0 Å². The van der Waals surface area contributed by atoms with E-state index in [0.29, 0.717) is 0 Å². The number of hydrogen-bond donors (Lipinski definition) is 3. The summed E-state index contributed by atoms with van der Waals surface area (Å²) in [6.07, 6.45) is 7.07. The number of aromatic hydroxyl groups is 3.